The molecule has 0 amide bonds. The molecule has 0 aliphatic carbocycles. The summed E-state index contributed by atoms with van der Waals surface area (Å²) in [6.45, 7) is -0.953. The average Bonchev–Trinajstić information content (AvgIpc) is 2.41. The summed E-state index contributed by atoms with van der Waals surface area (Å²) in [4.78, 5) is 0. The van der Waals surface area contributed by atoms with E-state index in [0.717, 1.165) is 12.1 Å². The van der Waals surface area contributed by atoms with Crippen molar-refractivity contribution in [2.75, 3.05) is 20.0 Å². The molecule has 0 heterocycles. The molecule has 0 atom stereocenters. The highest BCUT2D eigenvalue weighted by Gasteiger charge is 2.60. The minimum Gasteiger partial charge on any atom is -0.497 e. The predicted molar refractivity (Wildman–Crippen MR) is 72.8 cm³/mol. The summed E-state index contributed by atoms with van der Waals surface area (Å²) in [6, 6.07) is 4.41. The van der Waals surface area contributed by atoms with Gasteiger partial charge in [0.05, 0.1) is 20.0 Å². The van der Waals surface area contributed by atoms with Crippen molar-refractivity contribution in [1.29, 1.82) is 0 Å². The molecule has 1 rings (SSSR count). The lowest BCUT2D eigenvalue weighted by molar-refractivity contribution is -0.254. The van der Waals surface area contributed by atoms with Crippen LogP contribution in [0, 0.1) is 0 Å². The van der Waals surface area contributed by atoms with Crippen molar-refractivity contribution in [3.8, 4) is 5.75 Å². The van der Waals surface area contributed by atoms with Gasteiger partial charge in [-0.05, 0) is 23.8 Å². The molecule has 0 radical (unpaired) electrons. The molecule has 1 aromatic carbocycles. The van der Waals surface area contributed by atoms with Crippen LogP contribution in [-0.4, -0.2) is 40.5 Å². The summed E-state index contributed by atoms with van der Waals surface area (Å²) in [5.74, 6) is -4.92. The minimum atomic E-state index is -5.84. The van der Waals surface area contributed by atoms with E-state index in [2.05, 4.69) is 4.18 Å². The van der Waals surface area contributed by atoms with Gasteiger partial charge >= 0.3 is 12.1 Å². The Balaban J connectivity index is 3.27. The van der Waals surface area contributed by atoms with E-state index in [1.807, 2.05) is 0 Å². The van der Waals surface area contributed by atoms with Gasteiger partial charge in [0.1, 0.15) is 5.75 Å². The van der Waals surface area contributed by atoms with Gasteiger partial charge in [-0.2, -0.15) is 30.4 Å². The molecule has 23 heavy (non-hydrogen) atoms. The fourth-order valence-electron chi connectivity index (χ4n) is 1.59. The van der Waals surface area contributed by atoms with Crippen LogP contribution in [0.3, 0.4) is 0 Å². The molecular weight excluding hydrogens is 347 g/mol. The number of ether oxygens (including phenoxy) is 1. The van der Waals surface area contributed by atoms with E-state index in [4.69, 9.17) is 4.74 Å². The quantitative estimate of drug-likeness (QED) is 0.577. The van der Waals surface area contributed by atoms with Crippen LogP contribution in [0.15, 0.2) is 30.3 Å². The third-order valence-electron chi connectivity index (χ3n) is 2.66. The maximum absolute atomic E-state index is 13.7. The predicted octanol–water partition coefficient (Wildman–Crippen LogP) is 3.25. The molecule has 0 N–H and O–H groups in total. The van der Waals surface area contributed by atoms with E-state index < -0.39 is 40.0 Å². The van der Waals surface area contributed by atoms with Crippen molar-refractivity contribution in [2.24, 2.45) is 0 Å². The molecule has 0 bridgehead atoms. The Hall–Kier alpha value is -1.68. The summed E-state index contributed by atoms with van der Waals surface area (Å²) in [6.07, 6.45) is -4.81. The molecule has 10 heteroatoms. The van der Waals surface area contributed by atoms with Crippen LogP contribution in [-0.2, 0) is 14.3 Å². The van der Waals surface area contributed by atoms with Gasteiger partial charge in [-0.15, -0.1) is 0 Å². The largest absolute Gasteiger partial charge is 0.497 e. The monoisotopic (exact) mass is 360 g/mol. The normalized spacial score (nSPS) is 14.0. The Morgan fingerprint density at radius 1 is 1.13 bits per heavy atom. The van der Waals surface area contributed by atoms with Crippen LogP contribution >= 0.6 is 0 Å². The minimum absolute atomic E-state index is 0.260. The van der Waals surface area contributed by atoms with Crippen molar-refractivity contribution in [3.05, 3.63) is 35.9 Å². The number of alkyl halides is 5. The molecule has 130 valence electrons. The second-order valence-corrected chi connectivity index (χ2v) is 6.05. The van der Waals surface area contributed by atoms with Gasteiger partial charge < -0.3 is 4.74 Å². The van der Waals surface area contributed by atoms with Crippen LogP contribution in [0.5, 0.6) is 5.75 Å². The summed E-state index contributed by atoms with van der Waals surface area (Å²) in [5.41, 5.74) is -1.85. The lowest BCUT2D eigenvalue weighted by atomic mass is 9.98. The van der Waals surface area contributed by atoms with Gasteiger partial charge in [0.15, 0.2) is 0 Å². The summed E-state index contributed by atoms with van der Waals surface area (Å²) in [5, 5.41) is 0. The van der Waals surface area contributed by atoms with Crippen molar-refractivity contribution < 1.29 is 39.3 Å². The second kappa shape index (κ2) is 6.83. The van der Waals surface area contributed by atoms with E-state index in [-0.39, 0.29) is 5.75 Å². The molecule has 0 fully saturated rings. The van der Waals surface area contributed by atoms with Gasteiger partial charge in [-0.1, -0.05) is 12.1 Å². The van der Waals surface area contributed by atoms with Crippen molar-refractivity contribution in [1.82, 2.24) is 0 Å². The van der Waals surface area contributed by atoms with Crippen molar-refractivity contribution in [2.45, 2.75) is 12.1 Å². The highest BCUT2D eigenvalue weighted by Crippen LogP contribution is 2.45. The van der Waals surface area contributed by atoms with Gasteiger partial charge in [0.25, 0.3) is 10.1 Å². The fraction of sp³-hybridized carbons (Fsp3) is 0.385. The molecule has 0 aromatic heterocycles. The number of benzene rings is 1. The maximum atomic E-state index is 13.7. The van der Waals surface area contributed by atoms with E-state index in [1.165, 1.54) is 19.2 Å². The first kappa shape index (κ1) is 19.4. The van der Waals surface area contributed by atoms with Gasteiger partial charge in [0.2, 0.25) is 0 Å². The van der Waals surface area contributed by atoms with Crippen LogP contribution in [0.25, 0.3) is 5.57 Å². The van der Waals surface area contributed by atoms with Crippen LogP contribution < -0.4 is 4.74 Å². The lowest BCUT2D eigenvalue weighted by Gasteiger charge is -2.23. The summed E-state index contributed by atoms with van der Waals surface area (Å²) >= 11 is 0. The smallest absolute Gasteiger partial charge is 0.458 e. The molecular formula is C13H13F5O4S. The lowest BCUT2D eigenvalue weighted by Crippen LogP contribution is -2.37. The molecule has 0 spiro atoms. The number of methoxy groups -OCH3 is 1. The highest BCUT2D eigenvalue weighted by atomic mass is 32.2. The number of halogens is 5. The third-order valence-corrected chi connectivity index (χ3v) is 3.23. The average molecular weight is 360 g/mol. The number of hydrogen-bond donors (Lipinski definition) is 0. The van der Waals surface area contributed by atoms with E-state index in [0.29, 0.717) is 12.3 Å². The molecule has 0 aliphatic rings. The SMILES string of the molecule is COc1ccc(/C(=C\COS(C)(=O)=O)C(F)(F)C(F)(F)F)cc1. The van der Waals surface area contributed by atoms with E-state index >= 15 is 0 Å². The Bertz CT molecular complexity index is 663. The first-order chi connectivity index (χ1) is 10.4. The Morgan fingerprint density at radius 3 is 2.04 bits per heavy atom. The zero-order valence-electron chi connectivity index (χ0n) is 12.0. The van der Waals surface area contributed by atoms with E-state index in [1.54, 1.807) is 0 Å². The molecule has 1 aromatic rings. The van der Waals surface area contributed by atoms with Crippen LogP contribution in [0.1, 0.15) is 5.56 Å². The maximum Gasteiger partial charge on any atom is 0.458 e. The Morgan fingerprint density at radius 2 is 1.65 bits per heavy atom. The molecule has 0 aliphatic heterocycles. The number of allylic oxidation sites excluding steroid dienone is 1. The van der Waals surface area contributed by atoms with Crippen LogP contribution in [0.2, 0.25) is 0 Å². The van der Waals surface area contributed by atoms with Gasteiger partial charge in [0, 0.05) is 5.57 Å². The van der Waals surface area contributed by atoms with Crippen LogP contribution in [0.4, 0.5) is 22.0 Å². The third kappa shape index (κ3) is 5.17. The summed E-state index contributed by atoms with van der Waals surface area (Å²) in [7, 11) is -2.68. The fourth-order valence-corrected chi connectivity index (χ4v) is 1.91. The Kier molecular flexibility index (Phi) is 5.75. The second-order valence-electron chi connectivity index (χ2n) is 4.41. The van der Waals surface area contributed by atoms with Gasteiger partial charge in [-0.3, -0.25) is 4.18 Å². The highest BCUT2D eigenvalue weighted by molar-refractivity contribution is 7.85. The zero-order chi connectivity index (χ0) is 17.9. The van der Waals surface area contributed by atoms with E-state index in [9.17, 15) is 30.4 Å². The standard InChI is InChI=1S/C13H13F5O4S/c1-21-10-5-3-9(4-6-10)11(7-8-22-23(2,19)20)12(14,15)13(16,17)18/h3-7H,8H2,1-2H3/b11-7+. The zero-order valence-corrected chi connectivity index (χ0v) is 12.8. The topological polar surface area (TPSA) is 52.6 Å². The Labute approximate surface area is 129 Å². The first-order valence-corrected chi connectivity index (χ1v) is 7.84. The van der Waals surface area contributed by atoms with Gasteiger partial charge in [-0.25, -0.2) is 0 Å². The number of rotatable bonds is 6. The van der Waals surface area contributed by atoms with Crippen molar-refractivity contribution >= 4 is 15.7 Å². The summed E-state index contributed by atoms with van der Waals surface area (Å²) < 4.78 is 95.7. The first-order valence-electron chi connectivity index (χ1n) is 6.02. The molecule has 0 saturated carbocycles. The van der Waals surface area contributed by atoms with Crippen molar-refractivity contribution in [3.63, 3.8) is 0 Å². The number of hydrogen-bond acceptors (Lipinski definition) is 4. The molecule has 0 unspecified atom stereocenters. The molecule has 0 saturated heterocycles. The molecule has 4 nitrogen and oxygen atoms in total.